The second-order valence-electron chi connectivity index (χ2n) is 5.08. The van der Waals surface area contributed by atoms with Gasteiger partial charge >= 0.3 is 6.09 Å². The van der Waals surface area contributed by atoms with Gasteiger partial charge in [-0.05, 0) is 25.1 Å². The maximum absolute atomic E-state index is 12.0. The SMILES string of the molecule is Cc1onc(-c2c(Cl)cccc2Cl)c1NC(=O)O/N=C/c1cccnc1. The minimum absolute atomic E-state index is 0.293. The van der Waals surface area contributed by atoms with Crippen molar-refractivity contribution in [2.24, 2.45) is 5.16 Å². The lowest BCUT2D eigenvalue weighted by molar-refractivity contribution is 0.167. The van der Waals surface area contributed by atoms with Gasteiger partial charge in [0.15, 0.2) is 5.76 Å². The first-order valence-corrected chi connectivity index (χ1v) is 8.14. The Hall–Kier alpha value is -2.90. The molecule has 0 saturated heterocycles. The summed E-state index contributed by atoms with van der Waals surface area (Å²) in [6.45, 7) is 1.63. The van der Waals surface area contributed by atoms with E-state index in [-0.39, 0.29) is 0 Å². The Morgan fingerprint density at radius 2 is 2.04 bits per heavy atom. The largest absolute Gasteiger partial charge is 0.438 e. The molecule has 0 bridgehead atoms. The first-order valence-electron chi connectivity index (χ1n) is 7.38. The summed E-state index contributed by atoms with van der Waals surface area (Å²) in [7, 11) is 0. The van der Waals surface area contributed by atoms with Crippen molar-refractivity contribution in [3.63, 3.8) is 0 Å². The van der Waals surface area contributed by atoms with Crippen molar-refractivity contribution in [1.82, 2.24) is 10.1 Å². The Bertz CT molecular complexity index is 938. The molecule has 0 saturated carbocycles. The normalized spacial score (nSPS) is 10.9. The number of nitrogens with one attached hydrogen (secondary N) is 1. The fourth-order valence-electron chi connectivity index (χ4n) is 2.13. The Morgan fingerprint density at radius 1 is 1.27 bits per heavy atom. The zero-order chi connectivity index (χ0) is 18.5. The van der Waals surface area contributed by atoms with Crippen LogP contribution in [-0.4, -0.2) is 22.4 Å². The van der Waals surface area contributed by atoms with Crippen molar-refractivity contribution >= 4 is 41.2 Å². The molecule has 0 atom stereocenters. The molecule has 0 aliphatic heterocycles. The number of carbonyl (C=O) groups is 1. The number of carbonyl (C=O) groups excluding carboxylic acids is 1. The molecule has 1 amide bonds. The zero-order valence-electron chi connectivity index (χ0n) is 13.4. The number of nitrogens with zero attached hydrogens (tertiary/aromatic N) is 3. The highest BCUT2D eigenvalue weighted by molar-refractivity contribution is 6.39. The van der Waals surface area contributed by atoms with Crippen LogP contribution in [0, 0.1) is 6.92 Å². The number of halogens is 2. The molecule has 0 spiro atoms. The van der Waals surface area contributed by atoms with Crippen LogP contribution in [0.2, 0.25) is 10.0 Å². The van der Waals surface area contributed by atoms with Crippen LogP contribution >= 0.6 is 23.2 Å². The average molecular weight is 391 g/mol. The molecule has 132 valence electrons. The molecule has 9 heteroatoms. The summed E-state index contributed by atoms with van der Waals surface area (Å²) in [6.07, 6.45) is 3.74. The van der Waals surface area contributed by atoms with Crippen molar-refractivity contribution in [2.75, 3.05) is 5.32 Å². The van der Waals surface area contributed by atoms with Crippen molar-refractivity contribution in [3.05, 3.63) is 64.1 Å². The van der Waals surface area contributed by atoms with Gasteiger partial charge in [0.1, 0.15) is 11.4 Å². The third-order valence-electron chi connectivity index (χ3n) is 3.31. The van der Waals surface area contributed by atoms with Gasteiger partial charge in [-0.25, -0.2) is 4.79 Å². The maximum atomic E-state index is 12.0. The molecule has 1 aromatic carbocycles. The highest BCUT2D eigenvalue weighted by Crippen LogP contribution is 2.39. The number of benzene rings is 1. The second kappa shape index (κ2) is 7.99. The van der Waals surface area contributed by atoms with E-state index in [1.54, 1.807) is 49.6 Å². The maximum Gasteiger partial charge on any atom is 0.438 e. The van der Waals surface area contributed by atoms with Crippen LogP contribution in [0.4, 0.5) is 10.5 Å². The molecule has 3 aromatic rings. The van der Waals surface area contributed by atoms with E-state index in [1.807, 2.05) is 0 Å². The Labute approximate surface area is 158 Å². The van der Waals surface area contributed by atoms with Crippen LogP contribution in [-0.2, 0) is 4.84 Å². The molecule has 0 aliphatic rings. The number of amides is 1. The van der Waals surface area contributed by atoms with E-state index in [9.17, 15) is 4.79 Å². The second-order valence-corrected chi connectivity index (χ2v) is 5.90. The molecule has 1 N–H and O–H groups in total. The highest BCUT2D eigenvalue weighted by Gasteiger charge is 2.21. The third kappa shape index (κ3) is 4.01. The van der Waals surface area contributed by atoms with Gasteiger partial charge in [-0.15, -0.1) is 0 Å². The molecular weight excluding hydrogens is 379 g/mol. The fraction of sp³-hybridized carbons (Fsp3) is 0.0588. The van der Waals surface area contributed by atoms with Gasteiger partial charge in [0.2, 0.25) is 0 Å². The number of rotatable bonds is 4. The predicted molar refractivity (Wildman–Crippen MR) is 98.6 cm³/mol. The van der Waals surface area contributed by atoms with Gasteiger partial charge in [-0.2, -0.15) is 0 Å². The molecule has 0 aliphatic carbocycles. The van der Waals surface area contributed by atoms with E-state index >= 15 is 0 Å². The Balaban J connectivity index is 1.77. The third-order valence-corrected chi connectivity index (χ3v) is 3.94. The number of hydrogen-bond acceptors (Lipinski definition) is 6. The van der Waals surface area contributed by atoms with Gasteiger partial charge in [-0.1, -0.05) is 45.6 Å². The van der Waals surface area contributed by atoms with Crippen LogP contribution in [0.25, 0.3) is 11.3 Å². The van der Waals surface area contributed by atoms with Gasteiger partial charge in [0.05, 0.1) is 16.3 Å². The molecule has 2 aromatic heterocycles. The lowest BCUT2D eigenvalue weighted by atomic mass is 10.1. The standard InChI is InChI=1S/C17H12Cl2N4O3/c1-10-15(16(23-25-10)14-12(18)5-2-6-13(14)19)22-17(24)26-21-9-11-4-3-7-20-8-11/h2-9H,1H3,(H,22,24)/b21-9+. The molecule has 0 unspecified atom stereocenters. The molecule has 0 radical (unpaired) electrons. The topological polar surface area (TPSA) is 89.6 Å². The first kappa shape index (κ1) is 17.9. The quantitative estimate of drug-likeness (QED) is 0.387. The first-order chi connectivity index (χ1) is 12.6. The summed E-state index contributed by atoms with van der Waals surface area (Å²) in [5.74, 6) is 0.365. The summed E-state index contributed by atoms with van der Waals surface area (Å²) in [4.78, 5) is 20.7. The van der Waals surface area contributed by atoms with Crippen molar-refractivity contribution in [1.29, 1.82) is 0 Å². The highest BCUT2D eigenvalue weighted by atomic mass is 35.5. The number of anilines is 1. The van der Waals surface area contributed by atoms with E-state index in [1.165, 1.54) is 6.21 Å². The van der Waals surface area contributed by atoms with E-state index < -0.39 is 6.09 Å². The van der Waals surface area contributed by atoms with Crippen LogP contribution in [0.1, 0.15) is 11.3 Å². The number of aromatic nitrogens is 2. The van der Waals surface area contributed by atoms with E-state index in [0.717, 1.165) is 0 Å². The number of pyridine rings is 1. The smallest absolute Gasteiger partial charge is 0.359 e. The van der Waals surface area contributed by atoms with Crippen LogP contribution in [0.15, 0.2) is 52.4 Å². The van der Waals surface area contributed by atoms with Crippen LogP contribution < -0.4 is 5.32 Å². The summed E-state index contributed by atoms with van der Waals surface area (Å²) < 4.78 is 5.15. The van der Waals surface area contributed by atoms with Crippen molar-refractivity contribution < 1.29 is 14.2 Å². The number of aryl methyl sites for hydroxylation is 1. The molecule has 26 heavy (non-hydrogen) atoms. The lowest BCUT2D eigenvalue weighted by Crippen LogP contribution is -2.12. The number of oxime groups is 1. The van der Waals surface area contributed by atoms with E-state index in [2.05, 4.69) is 20.6 Å². The molecule has 3 rings (SSSR count). The summed E-state index contributed by atoms with van der Waals surface area (Å²) >= 11 is 12.4. The Kier molecular flexibility index (Phi) is 5.50. The molecule has 0 fully saturated rings. The minimum Gasteiger partial charge on any atom is -0.359 e. The average Bonchev–Trinajstić information content (AvgIpc) is 2.96. The van der Waals surface area contributed by atoms with Gasteiger partial charge in [-0.3, -0.25) is 15.1 Å². The van der Waals surface area contributed by atoms with Gasteiger partial charge in [0.25, 0.3) is 0 Å². The lowest BCUT2D eigenvalue weighted by Gasteiger charge is -2.07. The van der Waals surface area contributed by atoms with Crippen molar-refractivity contribution in [3.8, 4) is 11.3 Å². The zero-order valence-corrected chi connectivity index (χ0v) is 15.0. The van der Waals surface area contributed by atoms with Crippen LogP contribution in [0.3, 0.4) is 0 Å². The molecule has 2 heterocycles. The number of hydrogen-bond donors (Lipinski definition) is 1. The summed E-state index contributed by atoms with van der Waals surface area (Å²) in [5, 5.41) is 10.8. The summed E-state index contributed by atoms with van der Waals surface area (Å²) in [5.41, 5.74) is 1.72. The molecule has 7 nitrogen and oxygen atoms in total. The fourth-order valence-corrected chi connectivity index (χ4v) is 2.70. The predicted octanol–water partition coefficient (Wildman–Crippen LogP) is 4.93. The van der Waals surface area contributed by atoms with E-state index in [0.29, 0.717) is 38.3 Å². The van der Waals surface area contributed by atoms with E-state index in [4.69, 9.17) is 32.6 Å². The summed E-state index contributed by atoms with van der Waals surface area (Å²) in [6, 6.07) is 8.52. The van der Waals surface area contributed by atoms with Crippen molar-refractivity contribution in [2.45, 2.75) is 6.92 Å². The molecular formula is C17H12Cl2N4O3. The van der Waals surface area contributed by atoms with Crippen LogP contribution in [0.5, 0.6) is 0 Å². The monoisotopic (exact) mass is 390 g/mol. The minimum atomic E-state index is -0.819. The van der Waals surface area contributed by atoms with Gasteiger partial charge in [0, 0.05) is 23.5 Å². The van der Waals surface area contributed by atoms with Gasteiger partial charge < -0.3 is 4.52 Å². The Morgan fingerprint density at radius 3 is 2.73 bits per heavy atom.